The molecule has 2 aromatic rings. The van der Waals surface area contributed by atoms with Gasteiger partial charge in [0.1, 0.15) is 5.69 Å². The summed E-state index contributed by atoms with van der Waals surface area (Å²) in [6, 6.07) is 7.09. The van der Waals surface area contributed by atoms with E-state index in [-0.39, 0.29) is 10.9 Å². The number of rotatable bonds is 2. The van der Waals surface area contributed by atoms with Crippen LogP contribution in [0, 0.1) is 5.92 Å². The third-order valence-electron chi connectivity index (χ3n) is 3.99. The maximum atomic E-state index is 11.9. The lowest BCUT2D eigenvalue weighted by molar-refractivity contribution is 0.446. The molecule has 0 radical (unpaired) electrons. The average molecular weight is 290 g/mol. The monoisotopic (exact) mass is 289 g/mol. The summed E-state index contributed by atoms with van der Waals surface area (Å²) in [5.41, 5.74) is 1.22. The summed E-state index contributed by atoms with van der Waals surface area (Å²) >= 11 is 5.87. The van der Waals surface area contributed by atoms with Crippen molar-refractivity contribution >= 4 is 17.3 Å². The topological polar surface area (TPSA) is 37.4 Å². The summed E-state index contributed by atoms with van der Waals surface area (Å²) in [6.07, 6.45) is 2.25. The van der Waals surface area contributed by atoms with Gasteiger partial charge in [0.25, 0.3) is 0 Å². The number of piperidine rings is 1. The first kappa shape index (κ1) is 13.4. The first-order valence-electron chi connectivity index (χ1n) is 6.92. The lowest BCUT2D eigenvalue weighted by atomic mass is 9.94. The number of hydrogen-bond donors (Lipinski definition) is 0. The van der Waals surface area contributed by atoms with Crippen molar-refractivity contribution in [3.05, 3.63) is 49.7 Å². The zero-order chi connectivity index (χ0) is 14.3. The van der Waals surface area contributed by atoms with Gasteiger partial charge in [0.15, 0.2) is 0 Å². The fraction of sp³-hybridized carbons (Fsp3) is 0.375. The quantitative estimate of drug-likeness (QED) is 0.798. The lowest BCUT2D eigenvalue weighted by Gasteiger charge is -2.34. The highest BCUT2D eigenvalue weighted by Crippen LogP contribution is 2.30. The molecular weight excluding hydrogens is 274 g/mol. The fourth-order valence-electron chi connectivity index (χ4n) is 2.96. The van der Waals surface area contributed by atoms with Crippen LogP contribution >= 0.6 is 11.6 Å². The number of anilines is 1. The number of halogens is 1. The molecule has 0 spiro atoms. The Kier molecular flexibility index (Phi) is 3.38. The summed E-state index contributed by atoms with van der Waals surface area (Å²) in [6.45, 7) is 3.89. The van der Waals surface area contributed by atoms with Gasteiger partial charge in [0.2, 0.25) is 10.9 Å². The van der Waals surface area contributed by atoms with Gasteiger partial charge >= 0.3 is 0 Å². The van der Waals surface area contributed by atoms with Gasteiger partial charge in [0, 0.05) is 18.1 Å². The molecule has 1 atom stereocenters. The van der Waals surface area contributed by atoms with Crippen molar-refractivity contribution < 1.29 is 0 Å². The van der Waals surface area contributed by atoms with E-state index in [1.54, 1.807) is 24.3 Å². The van der Waals surface area contributed by atoms with E-state index >= 15 is 0 Å². The van der Waals surface area contributed by atoms with Crippen molar-refractivity contribution in [2.75, 3.05) is 18.0 Å². The van der Waals surface area contributed by atoms with Crippen LogP contribution in [0.25, 0.3) is 11.1 Å². The van der Waals surface area contributed by atoms with Crippen molar-refractivity contribution in [2.24, 2.45) is 5.92 Å². The van der Waals surface area contributed by atoms with E-state index in [9.17, 15) is 9.59 Å². The van der Waals surface area contributed by atoms with Crippen LogP contribution in [0.4, 0.5) is 5.69 Å². The summed E-state index contributed by atoms with van der Waals surface area (Å²) in [5, 5.41) is 0.626. The van der Waals surface area contributed by atoms with Crippen LogP contribution in [-0.4, -0.2) is 13.1 Å². The molecule has 3 nitrogen and oxygen atoms in total. The zero-order valence-electron chi connectivity index (χ0n) is 11.4. The van der Waals surface area contributed by atoms with Crippen LogP contribution in [0.15, 0.2) is 33.9 Å². The maximum Gasteiger partial charge on any atom is 0.250 e. The molecule has 3 rings (SSSR count). The molecule has 0 aliphatic carbocycles. The zero-order valence-corrected chi connectivity index (χ0v) is 12.1. The van der Waals surface area contributed by atoms with E-state index in [1.807, 2.05) is 0 Å². The molecular formula is C16H16ClNO2. The van der Waals surface area contributed by atoms with Crippen LogP contribution in [-0.2, 0) is 0 Å². The standard InChI is InChI=1S/C16H16ClNO2/c1-10-3-2-8-18(9-10)14-13(15(19)16(14)20)11-4-6-12(17)7-5-11/h4-7,10H,2-3,8-9H2,1H3/t10-/m1/s1. The predicted molar refractivity (Wildman–Crippen MR) is 82.4 cm³/mol. The lowest BCUT2D eigenvalue weighted by Crippen LogP contribution is -2.45. The number of benzene rings is 1. The molecule has 104 valence electrons. The van der Waals surface area contributed by atoms with E-state index < -0.39 is 0 Å². The summed E-state index contributed by atoms with van der Waals surface area (Å²) in [4.78, 5) is 25.9. The smallest absolute Gasteiger partial charge is 0.250 e. The van der Waals surface area contributed by atoms with Crippen LogP contribution in [0.2, 0.25) is 5.02 Å². The van der Waals surface area contributed by atoms with Crippen molar-refractivity contribution in [3.8, 4) is 11.1 Å². The Morgan fingerprint density at radius 2 is 1.85 bits per heavy atom. The van der Waals surface area contributed by atoms with Crippen LogP contribution < -0.4 is 15.8 Å². The van der Waals surface area contributed by atoms with E-state index in [2.05, 4.69) is 11.8 Å². The van der Waals surface area contributed by atoms with E-state index in [1.165, 1.54) is 6.42 Å². The van der Waals surface area contributed by atoms with Crippen LogP contribution in [0.3, 0.4) is 0 Å². The van der Waals surface area contributed by atoms with Crippen LogP contribution in [0.1, 0.15) is 19.8 Å². The van der Waals surface area contributed by atoms with Gasteiger partial charge in [0.05, 0.1) is 5.56 Å². The summed E-state index contributed by atoms with van der Waals surface area (Å²) in [5.74, 6) is 0.561. The van der Waals surface area contributed by atoms with Crippen LogP contribution in [0.5, 0.6) is 0 Å². The Morgan fingerprint density at radius 3 is 2.50 bits per heavy atom. The molecule has 0 N–H and O–H groups in total. The minimum Gasteiger partial charge on any atom is -0.367 e. The van der Waals surface area contributed by atoms with Gasteiger partial charge in [-0.25, -0.2) is 0 Å². The molecule has 20 heavy (non-hydrogen) atoms. The first-order valence-corrected chi connectivity index (χ1v) is 7.30. The summed E-state index contributed by atoms with van der Waals surface area (Å²) in [7, 11) is 0. The molecule has 0 aromatic heterocycles. The highest BCUT2D eigenvalue weighted by atomic mass is 35.5. The predicted octanol–water partition coefficient (Wildman–Crippen LogP) is 2.84. The first-order chi connectivity index (χ1) is 9.58. The molecule has 2 aromatic carbocycles. The highest BCUT2D eigenvalue weighted by molar-refractivity contribution is 6.30. The average Bonchev–Trinajstić information content (AvgIpc) is 2.45. The Labute approximate surface area is 122 Å². The second-order valence-corrected chi connectivity index (χ2v) is 6.02. The minimum absolute atomic E-state index is 0.343. The Morgan fingerprint density at radius 1 is 1.15 bits per heavy atom. The van der Waals surface area contributed by atoms with Gasteiger partial charge in [-0.3, -0.25) is 9.59 Å². The third-order valence-corrected chi connectivity index (χ3v) is 4.24. The molecule has 0 unspecified atom stereocenters. The van der Waals surface area contributed by atoms with Gasteiger partial charge < -0.3 is 4.90 Å². The number of nitrogens with zero attached hydrogens (tertiary/aromatic N) is 1. The Bertz CT molecular complexity index is 698. The van der Waals surface area contributed by atoms with Gasteiger partial charge in [-0.05, 0) is 36.5 Å². The molecule has 4 heteroatoms. The van der Waals surface area contributed by atoms with Crippen molar-refractivity contribution in [1.82, 2.24) is 0 Å². The van der Waals surface area contributed by atoms with E-state index in [0.717, 1.165) is 25.1 Å². The molecule has 1 saturated heterocycles. The second kappa shape index (κ2) is 5.06. The fourth-order valence-corrected chi connectivity index (χ4v) is 3.08. The molecule has 0 amide bonds. The molecule has 1 fully saturated rings. The second-order valence-electron chi connectivity index (χ2n) is 5.58. The van der Waals surface area contributed by atoms with E-state index in [4.69, 9.17) is 11.6 Å². The molecule has 0 bridgehead atoms. The normalized spacial score (nSPS) is 19.5. The molecule has 1 heterocycles. The van der Waals surface area contributed by atoms with Crippen molar-refractivity contribution in [2.45, 2.75) is 19.8 Å². The van der Waals surface area contributed by atoms with Gasteiger partial charge in [-0.15, -0.1) is 0 Å². The largest absolute Gasteiger partial charge is 0.367 e. The minimum atomic E-state index is -0.374. The number of hydrogen-bond acceptors (Lipinski definition) is 3. The van der Waals surface area contributed by atoms with Crippen molar-refractivity contribution in [1.29, 1.82) is 0 Å². The Hall–Kier alpha value is -1.61. The highest BCUT2D eigenvalue weighted by Gasteiger charge is 2.29. The molecule has 0 saturated carbocycles. The van der Waals surface area contributed by atoms with Gasteiger partial charge in [-0.2, -0.15) is 0 Å². The maximum absolute atomic E-state index is 11.9. The molecule has 1 aliphatic heterocycles. The Balaban J connectivity index is 2.01. The van der Waals surface area contributed by atoms with Gasteiger partial charge in [-0.1, -0.05) is 30.7 Å². The molecule has 1 aliphatic rings. The third kappa shape index (κ3) is 2.16. The summed E-state index contributed by atoms with van der Waals surface area (Å²) < 4.78 is 0. The van der Waals surface area contributed by atoms with Crippen molar-refractivity contribution in [3.63, 3.8) is 0 Å². The SMILES string of the molecule is C[C@@H]1CCCN(c2c(-c3ccc(Cl)cc3)c(=O)c2=O)C1. The van der Waals surface area contributed by atoms with E-state index in [0.29, 0.717) is 22.2 Å².